The molecular weight excluding hydrogens is 530 g/mol. The van der Waals surface area contributed by atoms with Gasteiger partial charge in [-0.2, -0.15) is 0 Å². The zero-order valence-electron chi connectivity index (χ0n) is 22.0. The van der Waals surface area contributed by atoms with Gasteiger partial charge in [0.05, 0.1) is 32.4 Å². The van der Waals surface area contributed by atoms with Crippen LogP contribution < -0.4 is 4.90 Å². The smallest absolute Gasteiger partial charge is 0.301 e. The van der Waals surface area contributed by atoms with E-state index < -0.39 is 28.4 Å². The monoisotopic (exact) mass is 553 g/mol. The predicted molar refractivity (Wildman–Crippen MR) is 152 cm³/mol. The van der Waals surface area contributed by atoms with Crippen molar-refractivity contribution in [2.75, 3.05) is 4.90 Å². The predicted octanol–water partition coefficient (Wildman–Crippen LogP) is 5.71. The number of ketones is 1. The third-order valence-corrected chi connectivity index (χ3v) is 8.20. The van der Waals surface area contributed by atoms with Gasteiger partial charge in [-0.3, -0.25) is 24.6 Å². The van der Waals surface area contributed by atoms with Gasteiger partial charge in [-0.25, -0.2) is 9.97 Å². The van der Waals surface area contributed by atoms with Crippen molar-refractivity contribution < 1.29 is 19.6 Å². The van der Waals surface area contributed by atoms with Gasteiger partial charge in [0.15, 0.2) is 10.9 Å². The number of nitro benzene ring substituents is 1. The quantitative estimate of drug-likeness (QED) is 0.0991. The number of rotatable bonds is 4. The van der Waals surface area contributed by atoms with E-state index in [0.29, 0.717) is 22.4 Å². The minimum atomic E-state index is -1.08. The number of hydrogen-bond acceptors (Lipinski definition) is 8. The van der Waals surface area contributed by atoms with Crippen molar-refractivity contribution in [2.24, 2.45) is 0 Å². The zero-order valence-corrected chi connectivity index (χ0v) is 22.8. The molecule has 200 valence electrons. The maximum absolute atomic E-state index is 13.6. The summed E-state index contributed by atoms with van der Waals surface area (Å²) in [7, 11) is 0. The molecule has 1 N–H and O–H groups in total. The second kappa shape index (κ2) is 9.09. The Morgan fingerprint density at radius 2 is 1.75 bits per heavy atom. The highest BCUT2D eigenvalue weighted by Gasteiger charge is 2.48. The number of aliphatic hydroxyl groups is 1. The van der Waals surface area contributed by atoms with Gasteiger partial charge in [-0.05, 0) is 74.2 Å². The number of aryl methyl sites for hydroxylation is 4. The summed E-state index contributed by atoms with van der Waals surface area (Å²) in [5, 5.41) is 23.2. The molecule has 1 aliphatic heterocycles. The number of nitro groups is 1. The van der Waals surface area contributed by atoms with Crippen LogP contribution in [-0.4, -0.2) is 36.1 Å². The summed E-state index contributed by atoms with van der Waals surface area (Å²) in [6.07, 6.45) is 1.80. The van der Waals surface area contributed by atoms with E-state index in [2.05, 4.69) is 4.98 Å². The first-order valence-electron chi connectivity index (χ1n) is 12.4. The molecule has 40 heavy (non-hydrogen) atoms. The molecule has 0 aliphatic carbocycles. The normalized spacial score (nSPS) is 16.9. The number of non-ortho nitro benzene ring substituents is 1. The fourth-order valence-electron chi connectivity index (χ4n) is 5.26. The van der Waals surface area contributed by atoms with Crippen molar-refractivity contribution in [3.63, 3.8) is 0 Å². The summed E-state index contributed by atoms with van der Waals surface area (Å²) in [6, 6.07) is 12.2. The molecule has 1 fully saturated rings. The van der Waals surface area contributed by atoms with Crippen LogP contribution in [0.2, 0.25) is 0 Å². The average Bonchev–Trinajstić information content (AvgIpc) is 3.57. The molecule has 0 radical (unpaired) electrons. The first kappa shape index (κ1) is 25.4. The number of aromatic nitrogens is 3. The van der Waals surface area contributed by atoms with Gasteiger partial charge in [0, 0.05) is 18.3 Å². The van der Waals surface area contributed by atoms with Gasteiger partial charge in [-0.1, -0.05) is 23.5 Å². The van der Waals surface area contributed by atoms with Crippen LogP contribution in [0.15, 0.2) is 60.3 Å². The summed E-state index contributed by atoms with van der Waals surface area (Å²) in [4.78, 5) is 48.6. The number of aliphatic hydroxyl groups excluding tert-OH is 1. The molecule has 10 nitrogen and oxygen atoms in total. The fraction of sp³-hybridized carbons (Fsp3) is 0.172. The number of carbonyl (C=O) groups is 2. The topological polar surface area (TPSA) is 131 Å². The number of thiazole rings is 1. The fourth-order valence-corrected chi connectivity index (χ4v) is 6.43. The van der Waals surface area contributed by atoms with Gasteiger partial charge in [0.2, 0.25) is 0 Å². The Bertz CT molecular complexity index is 1940. The SMILES string of the molecule is Cc1cc(C)c2nc(N3C(=O)C(=O)C(=C(O)c4nc5c(C)cccn5c4C)C3c3ccc([N+](=O)[O-])cc3)sc2c1. The molecule has 0 spiro atoms. The molecule has 1 aliphatic rings. The Balaban J connectivity index is 1.60. The van der Waals surface area contributed by atoms with Crippen LogP contribution in [0.4, 0.5) is 10.8 Å². The van der Waals surface area contributed by atoms with E-state index >= 15 is 0 Å². The highest BCUT2D eigenvalue weighted by atomic mass is 32.1. The van der Waals surface area contributed by atoms with E-state index in [9.17, 15) is 24.8 Å². The maximum atomic E-state index is 13.6. The summed E-state index contributed by atoms with van der Waals surface area (Å²) in [5.41, 5.74) is 5.04. The number of imidazole rings is 1. The molecule has 1 atom stereocenters. The number of fused-ring (bicyclic) bond motifs is 2. The van der Waals surface area contributed by atoms with Crippen molar-refractivity contribution in [1.29, 1.82) is 0 Å². The Labute approximate surface area is 232 Å². The number of nitrogens with zero attached hydrogens (tertiary/aromatic N) is 5. The number of amides is 1. The molecular formula is C29H23N5O5S. The van der Waals surface area contributed by atoms with E-state index in [-0.39, 0.29) is 22.1 Å². The van der Waals surface area contributed by atoms with E-state index in [1.54, 1.807) is 17.5 Å². The molecule has 1 unspecified atom stereocenters. The first-order valence-corrected chi connectivity index (χ1v) is 13.3. The number of hydrogen-bond donors (Lipinski definition) is 1. The minimum absolute atomic E-state index is 0.140. The van der Waals surface area contributed by atoms with Gasteiger partial charge < -0.3 is 9.51 Å². The van der Waals surface area contributed by atoms with Crippen LogP contribution in [0.25, 0.3) is 21.6 Å². The molecule has 1 saturated heterocycles. The standard InChI is InChI=1S/C29H23N5O5S/c1-14-12-16(3)22-20(13-14)40-29(31-22)33-24(18-7-9-19(10-8-18)34(38)39)21(26(36)28(33)37)25(35)23-17(4)32-11-5-6-15(2)27(32)30-23/h5-13,24,35H,1-4H3. The number of Topliss-reactive ketones (excluding diaryl/α,β-unsaturated/α-hetero) is 1. The highest BCUT2D eigenvalue weighted by Crippen LogP contribution is 2.45. The maximum Gasteiger partial charge on any atom is 0.301 e. The van der Waals surface area contributed by atoms with Gasteiger partial charge in [0.1, 0.15) is 11.3 Å². The molecule has 6 rings (SSSR count). The molecule has 0 bridgehead atoms. The molecule has 2 aromatic carbocycles. The zero-order chi connectivity index (χ0) is 28.5. The Morgan fingerprint density at radius 1 is 1.02 bits per heavy atom. The lowest BCUT2D eigenvalue weighted by atomic mass is 9.96. The van der Waals surface area contributed by atoms with E-state index in [1.807, 2.05) is 45.0 Å². The van der Waals surface area contributed by atoms with Crippen LogP contribution in [0.3, 0.4) is 0 Å². The summed E-state index contributed by atoms with van der Waals surface area (Å²) >= 11 is 1.26. The highest BCUT2D eigenvalue weighted by molar-refractivity contribution is 7.22. The van der Waals surface area contributed by atoms with Crippen molar-refractivity contribution in [3.05, 3.63) is 104 Å². The Kier molecular flexibility index (Phi) is 5.77. The van der Waals surface area contributed by atoms with Crippen molar-refractivity contribution in [3.8, 4) is 0 Å². The molecule has 0 saturated carbocycles. The van der Waals surface area contributed by atoms with Crippen LogP contribution in [-0.2, 0) is 9.59 Å². The summed E-state index contributed by atoms with van der Waals surface area (Å²) in [6.45, 7) is 7.55. The number of anilines is 1. The summed E-state index contributed by atoms with van der Waals surface area (Å²) < 4.78 is 2.66. The number of benzene rings is 2. The molecule has 3 aromatic heterocycles. The number of carbonyl (C=O) groups excluding carboxylic acids is 2. The van der Waals surface area contributed by atoms with E-state index in [1.165, 1.54) is 40.5 Å². The van der Waals surface area contributed by atoms with Crippen LogP contribution in [0.1, 0.15) is 39.7 Å². The lowest BCUT2D eigenvalue weighted by Crippen LogP contribution is -2.29. The lowest BCUT2D eigenvalue weighted by molar-refractivity contribution is -0.384. The van der Waals surface area contributed by atoms with Gasteiger partial charge in [-0.15, -0.1) is 0 Å². The van der Waals surface area contributed by atoms with Gasteiger partial charge in [0.25, 0.3) is 11.5 Å². The second-order valence-electron chi connectivity index (χ2n) is 9.87. The van der Waals surface area contributed by atoms with E-state index in [4.69, 9.17) is 4.98 Å². The van der Waals surface area contributed by atoms with Crippen molar-refractivity contribution in [1.82, 2.24) is 14.4 Å². The van der Waals surface area contributed by atoms with Crippen LogP contribution in [0.5, 0.6) is 0 Å². The Hall–Kier alpha value is -4.90. The molecule has 4 heterocycles. The minimum Gasteiger partial charge on any atom is -0.505 e. The summed E-state index contributed by atoms with van der Waals surface area (Å²) in [5.74, 6) is -2.16. The molecule has 5 aromatic rings. The Morgan fingerprint density at radius 3 is 2.42 bits per heavy atom. The third kappa shape index (κ3) is 3.77. The molecule has 1 amide bonds. The van der Waals surface area contributed by atoms with Crippen molar-refractivity contribution >= 4 is 55.5 Å². The lowest BCUT2D eigenvalue weighted by Gasteiger charge is -2.22. The second-order valence-corrected chi connectivity index (χ2v) is 10.9. The van der Waals surface area contributed by atoms with Gasteiger partial charge >= 0.3 is 5.91 Å². The first-order chi connectivity index (χ1) is 19.1. The van der Waals surface area contributed by atoms with Crippen LogP contribution >= 0.6 is 11.3 Å². The average molecular weight is 554 g/mol. The van der Waals surface area contributed by atoms with E-state index in [0.717, 1.165) is 21.4 Å². The third-order valence-electron chi connectivity index (χ3n) is 7.20. The molecule has 11 heteroatoms. The number of pyridine rings is 1. The van der Waals surface area contributed by atoms with Crippen LogP contribution in [0, 0.1) is 37.8 Å². The van der Waals surface area contributed by atoms with Crippen molar-refractivity contribution in [2.45, 2.75) is 33.7 Å². The largest absolute Gasteiger partial charge is 0.505 e.